The SMILES string of the molecule is CC1(C)OCC(C(OC(=O)c2cccc(S(=O)(=O)Nc3c(F)cc(F)cc3F)c2)C(N)=O)O1. The van der Waals surface area contributed by atoms with Crippen LogP contribution in [0, 0.1) is 17.5 Å². The monoisotopic (exact) mass is 488 g/mol. The zero-order valence-electron chi connectivity index (χ0n) is 17.3. The molecule has 0 spiro atoms. The molecule has 0 aromatic heterocycles. The molecule has 0 aliphatic carbocycles. The van der Waals surface area contributed by atoms with Gasteiger partial charge in [-0.15, -0.1) is 0 Å². The molecule has 9 nitrogen and oxygen atoms in total. The maximum Gasteiger partial charge on any atom is 0.339 e. The molecule has 2 atom stereocenters. The lowest BCUT2D eigenvalue weighted by Gasteiger charge is -2.22. The number of nitrogens with two attached hydrogens (primary N) is 1. The Morgan fingerprint density at radius 1 is 1.18 bits per heavy atom. The van der Waals surface area contributed by atoms with E-state index in [0.717, 1.165) is 12.1 Å². The normalized spacial score (nSPS) is 18.5. The first kappa shape index (κ1) is 24.5. The van der Waals surface area contributed by atoms with Crippen molar-refractivity contribution in [2.75, 3.05) is 11.3 Å². The summed E-state index contributed by atoms with van der Waals surface area (Å²) in [6.07, 6.45) is -2.51. The summed E-state index contributed by atoms with van der Waals surface area (Å²) in [7, 11) is -4.60. The van der Waals surface area contributed by atoms with Crippen molar-refractivity contribution >= 4 is 27.6 Å². The first-order valence-corrected chi connectivity index (χ1v) is 10.9. The minimum absolute atomic E-state index is 0.0823. The van der Waals surface area contributed by atoms with Gasteiger partial charge in [0.25, 0.3) is 15.9 Å². The molecule has 1 aliphatic heterocycles. The second-order valence-corrected chi connectivity index (χ2v) is 9.16. The highest BCUT2D eigenvalue weighted by atomic mass is 32.2. The summed E-state index contributed by atoms with van der Waals surface area (Å²) in [5.41, 5.74) is 3.90. The topological polar surface area (TPSA) is 134 Å². The van der Waals surface area contributed by atoms with Crippen LogP contribution in [-0.4, -0.2) is 44.9 Å². The number of esters is 1. The Hall–Kier alpha value is -3.16. The second-order valence-electron chi connectivity index (χ2n) is 7.47. The van der Waals surface area contributed by atoms with E-state index in [2.05, 4.69) is 0 Å². The van der Waals surface area contributed by atoms with E-state index in [4.69, 9.17) is 19.9 Å². The van der Waals surface area contributed by atoms with Crippen LogP contribution in [-0.2, 0) is 29.0 Å². The van der Waals surface area contributed by atoms with Gasteiger partial charge in [0, 0.05) is 12.1 Å². The van der Waals surface area contributed by atoms with Crippen LogP contribution in [0.2, 0.25) is 0 Å². The number of carbonyl (C=O) groups excluding carboxylic acids is 2. The number of anilines is 1. The predicted molar refractivity (Wildman–Crippen MR) is 107 cm³/mol. The summed E-state index contributed by atoms with van der Waals surface area (Å²) in [5.74, 6) is -7.34. The molecule has 13 heteroatoms. The Morgan fingerprint density at radius 2 is 1.82 bits per heavy atom. The lowest BCUT2D eigenvalue weighted by atomic mass is 10.2. The zero-order valence-corrected chi connectivity index (χ0v) is 18.1. The molecular formula is C20H19F3N2O7S. The van der Waals surface area contributed by atoms with Gasteiger partial charge >= 0.3 is 5.97 Å². The molecule has 1 fully saturated rings. The Morgan fingerprint density at radius 3 is 2.36 bits per heavy atom. The van der Waals surface area contributed by atoms with Gasteiger partial charge in [-0.2, -0.15) is 0 Å². The van der Waals surface area contributed by atoms with Crippen molar-refractivity contribution in [1.29, 1.82) is 0 Å². The second kappa shape index (κ2) is 9.00. The van der Waals surface area contributed by atoms with Crippen LogP contribution < -0.4 is 10.5 Å². The number of ether oxygens (including phenoxy) is 3. The number of primary amides is 1. The van der Waals surface area contributed by atoms with Crippen molar-refractivity contribution in [3.63, 3.8) is 0 Å². The summed E-state index contributed by atoms with van der Waals surface area (Å²) in [4.78, 5) is 23.8. The minimum Gasteiger partial charge on any atom is -0.446 e. The van der Waals surface area contributed by atoms with Gasteiger partial charge in [-0.25, -0.2) is 26.4 Å². The number of hydrogen-bond acceptors (Lipinski definition) is 7. The van der Waals surface area contributed by atoms with Crippen LogP contribution >= 0.6 is 0 Å². The molecule has 2 aromatic rings. The maximum atomic E-state index is 13.8. The Balaban J connectivity index is 1.82. The number of nitrogens with one attached hydrogen (secondary N) is 1. The lowest BCUT2D eigenvalue weighted by Crippen LogP contribution is -2.44. The Kier molecular flexibility index (Phi) is 6.68. The van der Waals surface area contributed by atoms with Crippen molar-refractivity contribution in [3.05, 3.63) is 59.4 Å². The van der Waals surface area contributed by atoms with E-state index in [1.165, 1.54) is 12.1 Å². The molecular weight excluding hydrogens is 469 g/mol. The van der Waals surface area contributed by atoms with Crippen molar-refractivity contribution in [2.45, 2.75) is 36.7 Å². The van der Waals surface area contributed by atoms with Crippen LogP contribution in [0.25, 0.3) is 0 Å². The molecule has 1 heterocycles. The van der Waals surface area contributed by atoms with Gasteiger partial charge < -0.3 is 19.9 Å². The van der Waals surface area contributed by atoms with E-state index >= 15 is 0 Å². The van der Waals surface area contributed by atoms with E-state index in [1.54, 1.807) is 18.6 Å². The van der Waals surface area contributed by atoms with Crippen molar-refractivity contribution < 1.29 is 45.4 Å². The van der Waals surface area contributed by atoms with Crippen LogP contribution in [0.15, 0.2) is 41.3 Å². The highest BCUT2D eigenvalue weighted by molar-refractivity contribution is 7.92. The van der Waals surface area contributed by atoms with Crippen LogP contribution in [0.3, 0.4) is 0 Å². The Bertz CT molecular complexity index is 1180. The van der Waals surface area contributed by atoms with E-state index < -0.39 is 67.9 Å². The van der Waals surface area contributed by atoms with Gasteiger partial charge in [0.15, 0.2) is 17.4 Å². The summed E-state index contributed by atoms with van der Waals surface area (Å²) in [6.45, 7) is 3.09. The highest BCUT2D eigenvalue weighted by Crippen LogP contribution is 2.27. The molecule has 3 N–H and O–H groups in total. The van der Waals surface area contributed by atoms with Crippen molar-refractivity contribution in [2.24, 2.45) is 5.73 Å². The first-order valence-electron chi connectivity index (χ1n) is 9.38. The molecule has 1 aliphatic rings. The van der Waals surface area contributed by atoms with E-state index in [-0.39, 0.29) is 12.2 Å². The Labute approximate surface area is 186 Å². The number of sulfonamides is 1. The highest BCUT2D eigenvalue weighted by Gasteiger charge is 2.42. The van der Waals surface area contributed by atoms with E-state index in [9.17, 15) is 31.2 Å². The zero-order chi connectivity index (χ0) is 24.6. The molecule has 2 unspecified atom stereocenters. The molecule has 2 aromatic carbocycles. The van der Waals surface area contributed by atoms with Crippen molar-refractivity contribution in [1.82, 2.24) is 0 Å². The van der Waals surface area contributed by atoms with Gasteiger partial charge in [0.2, 0.25) is 6.10 Å². The minimum atomic E-state index is -4.60. The number of hydrogen-bond donors (Lipinski definition) is 2. The standard InChI is InChI=1S/C20H19F3N2O7S/c1-20(2)30-9-15(32-20)17(18(24)26)31-19(27)10-4-3-5-12(6-10)33(28,29)25-16-13(22)7-11(21)8-14(16)23/h3-8,15,17,25H,9H2,1-2H3,(H2,24,26). The van der Waals surface area contributed by atoms with Crippen LogP contribution in [0.5, 0.6) is 0 Å². The molecule has 1 saturated heterocycles. The lowest BCUT2D eigenvalue weighted by molar-refractivity contribution is -0.158. The molecule has 0 bridgehead atoms. The molecule has 178 valence electrons. The van der Waals surface area contributed by atoms with E-state index in [0.29, 0.717) is 12.1 Å². The first-order chi connectivity index (χ1) is 15.3. The number of benzene rings is 2. The molecule has 0 saturated carbocycles. The molecule has 33 heavy (non-hydrogen) atoms. The largest absolute Gasteiger partial charge is 0.446 e. The smallest absolute Gasteiger partial charge is 0.339 e. The fourth-order valence-corrected chi connectivity index (χ4v) is 4.11. The summed E-state index contributed by atoms with van der Waals surface area (Å²) in [6, 6.07) is 4.86. The fourth-order valence-electron chi connectivity index (χ4n) is 2.99. The number of halogens is 3. The average Bonchev–Trinajstić information content (AvgIpc) is 3.08. The van der Waals surface area contributed by atoms with Gasteiger partial charge in [-0.1, -0.05) is 6.07 Å². The fraction of sp³-hybridized carbons (Fsp3) is 0.300. The van der Waals surface area contributed by atoms with Gasteiger partial charge in [-0.05, 0) is 32.0 Å². The molecule has 0 radical (unpaired) electrons. The summed E-state index contributed by atoms with van der Waals surface area (Å²) in [5, 5.41) is 0. The number of amides is 1. The number of carbonyl (C=O) groups is 2. The summed E-state index contributed by atoms with van der Waals surface area (Å²) >= 11 is 0. The third kappa shape index (κ3) is 5.61. The molecule has 3 rings (SSSR count). The van der Waals surface area contributed by atoms with Gasteiger partial charge in [0.1, 0.15) is 17.6 Å². The summed E-state index contributed by atoms with van der Waals surface area (Å²) < 4.78 is 83.5. The van der Waals surface area contributed by atoms with Gasteiger partial charge in [0.05, 0.1) is 17.1 Å². The van der Waals surface area contributed by atoms with Crippen molar-refractivity contribution in [3.8, 4) is 0 Å². The third-order valence-electron chi connectivity index (χ3n) is 4.51. The van der Waals surface area contributed by atoms with Crippen LogP contribution in [0.1, 0.15) is 24.2 Å². The quantitative estimate of drug-likeness (QED) is 0.570. The average molecular weight is 488 g/mol. The third-order valence-corrected chi connectivity index (χ3v) is 5.85. The predicted octanol–water partition coefficient (Wildman–Crippen LogP) is 2.07. The molecule has 1 amide bonds. The number of rotatable bonds is 7. The van der Waals surface area contributed by atoms with Gasteiger partial charge in [-0.3, -0.25) is 9.52 Å². The van der Waals surface area contributed by atoms with E-state index in [1.807, 2.05) is 0 Å². The van der Waals surface area contributed by atoms with Crippen LogP contribution in [0.4, 0.5) is 18.9 Å². The maximum absolute atomic E-state index is 13.8.